The molecular formula is C44H53ClF4N8O5. The molecular weight excluding hydrogens is 832 g/mol. The molecule has 1 atom stereocenters. The number of alkyl halides is 4. The maximum atomic E-state index is 14.3. The standard InChI is InChI=1S/C44H52F4N8O5.ClH/c1-25-22-31(39(58)50-33-17-19-34(20-18-33)56(2)3)14-21-35(25)28-8-4-26(5-9-28)23-36(52-38(57)30-10-6-27(24-49)7-11-30)40(59)51-32-15-12-29(13-16-32)37-53-41(55-54-37)43(45,46)44(47,48)42(60)61;/h4-5,8-9,12-16,21-22,27,30,33-34,36H,6-7,10-11,17-20,23-24,49H2,1-3H3,(H,50,58)(H,51,59)(H,52,57)(H,60,61)(H,53,54,55);1H/t27?,30?,33?,34?,36-;/m0./s1. The first-order valence-corrected chi connectivity index (χ1v) is 20.5. The number of H-pyrrole nitrogens is 1. The zero-order valence-corrected chi connectivity index (χ0v) is 35.5. The van der Waals surface area contributed by atoms with Crippen molar-refractivity contribution in [2.75, 3.05) is 26.0 Å². The van der Waals surface area contributed by atoms with Crippen molar-refractivity contribution in [2.45, 2.75) is 94.7 Å². The molecule has 1 aromatic heterocycles. The van der Waals surface area contributed by atoms with E-state index in [-0.39, 0.29) is 59.7 Å². The highest BCUT2D eigenvalue weighted by Crippen LogP contribution is 2.42. The Labute approximate surface area is 363 Å². The monoisotopic (exact) mass is 884 g/mol. The lowest BCUT2D eigenvalue weighted by atomic mass is 9.81. The lowest BCUT2D eigenvalue weighted by molar-refractivity contribution is -0.231. The zero-order chi connectivity index (χ0) is 44.1. The molecule has 2 saturated carbocycles. The number of rotatable bonds is 15. The molecule has 334 valence electrons. The van der Waals surface area contributed by atoms with Crippen molar-refractivity contribution in [1.82, 2.24) is 30.7 Å². The van der Waals surface area contributed by atoms with Gasteiger partial charge in [-0.1, -0.05) is 30.3 Å². The molecule has 2 fully saturated rings. The number of amides is 3. The number of hydrogen-bond donors (Lipinski definition) is 6. The number of benzene rings is 3. The van der Waals surface area contributed by atoms with Crippen LogP contribution in [0.1, 0.15) is 78.7 Å². The normalized spacial score (nSPS) is 19.8. The molecule has 0 spiro atoms. The number of aryl methyl sites for hydroxylation is 1. The van der Waals surface area contributed by atoms with E-state index < -0.39 is 35.6 Å². The van der Waals surface area contributed by atoms with E-state index in [1.165, 1.54) is 24.3 Å². The summed E-state index contributed by atoms with van der Waals surface area (Å²) in [5, 5.41) is 22.8. The van der Waals surface area contributed by atoms with Gasteiger partial charge in [0.15, 0.2) is 5.82 Å². The predicted molar refractivity (Wildman–Crippen MR) is 228 cm³/mol. The Bertz CT molecular complexity index is 2190. The third-order valence-corrected chi connectivity index (χ3v) is 12.0. The number of carbonyl (C=O) groups excluding carboxylic acids is 3. The fourth-order valence-electron chi connectivity index (χ4n) is 8.10. The van der Waals surface area contributed by atoms with Crippen molar-refractivity contribution >= 4 is 41.8 Å². The van der Waals surface area contributed by atoms with Gasteiger partial charge in [-0.2, -0.15) is 22.7 Å². The molecule has 1 heterocycles. The highest BCUT2D eigenvalue weighted by atomic mass is 35.5. The fraction of sp³-hybridized carbons (Fsp3) is 0.455. The smallest absolute Gasteiger partial charge is 0.411 e. The van der Waals surface area contributed by atoms with Crippen molar-refractivity contribution in [1.29, 1.82) is 0 Å². The third-order valence-electron chi connectivity index (χ3n) is 12.0. The van der Waals surface area contributed by atoms with Crippen LogP contribution in [0.15, 0.2) is 66.7 Å². The highest BCUT2D eigenvalue weighted by molar-refractivity contribution is 5.98. The van der Waals surface area contributed by atoms with E-state index in [1.54, 1.807) is 0 Å². The third kappa shape index (κ3) is 11.0. The van der Waals surface area contributed by atoms with E-state index in [4.69, 9.17) is 10.8 Å². The Kier molecular flexibility index (Phi) is 15.5. The average molecular weight is 885 g/mol. The van der Waals surface area contributed by atoms with Gasteiger partial charge in [0.05, 0.1) is 0 Å². The SMILES string of the molecule is Cc1cc(C(=O)NC2CCC(N(C)C)CC2)ccc1-c1ccc(C[C@H](NC(=O)C2CCC(CN)CC2)C(=O)Nc2ccc(-c3nc(C(F)(F)C(F)(F)C(=O)O)n[nH]3)cc2)cc1.Cl. The van der Waals surface area contributed by atoms with Crippen molar-refractivity contribution < 1.29 is 41.8 Å². The van der Waals surface area contributed by atoms with Crippen LogP contribution in [-0.2, 0) is 26.7 Å². The van der Waals surface area contributed by atoms with Gasteiger partial charge in [-0.25, -0.2) is 9.78 Å². The van der Waals surface area contributed by atoms with Crippen molar-refractivity contribution in [3.63, 3.8) is 0 Å². The minimum Gasteiger partial charge on any atom is -0.477 e. The number of nitrogens with one attached hydrogen (secondary N) is 4. The van der Waals surface area contributed by atoms with Gasteiger partial charge in [-0.3, -0.25) is 19.5 Å². The van der Waals surface area contributed by atoms with Crippen LogP contribution >= 0.6 is 12.4 Å². The van der Waals surface area contributed by atoms with Gasteiger partial charge in [-0.15, -0.1) is 12.4 Å². The number of anilines is 1. The minimum absolute atomic E-state index is 0. The Morgan fingerprint density at radius 1 is 0.887 bits per heavy atom. The molecule has 2 aliphatic carbocycles. The average Bonchev–Trinajstić information content (AvgIpc) is 3.75. The van der Waals surface area contributed by atoms with Crippen molar-refractivity contribution in [3.8, 4) is 22.5 Å². The van der Waals surface area contributed by atoms with Crippen LogP contribution in [0.2, 0.25) is 0 Å². The molecule has 0 bridgehead atoms. The molecule has 3 amide bonds. The summed E-state index contributed by atoms with van der Waals surface area (Å²) in [4.78, 5) is 56.9. The summed E-state index contributed by atoms with van der Waals surface area (Å²) in [6.07, 6.45) is 7.07. The van der Waals surface area contributed by atoms with Gasteiger partial charge in [0.1, 0.15) is 6.04 Å². The van der Waals surface area contributed by atoms with E-state index in [0.29, 0.717) is 36.9 Å². The predicted octanol–water partition coefficient (Wildman–Crippen LogP) is 6.71. The van der Waals surface area contributed by atoms with Crippen LogP contribution in [0.5, 0.6) is 0 Å². The number of nitrogens with zero attached hydrogens (tertiary/aromatic N) is 3. The van der Waals surface area contributed by atoms with Crippen LogP contribution in [0.25, 0.3) is 22.5 Å². The lowest BCUT2D eigenvalue weighted by Gasteiger charge is -2.33. The summed E-state index contributed by atoms with van der Waals surface area (Å²) in [5.74, 6) is -16.5. The molecule has 0 aliphatic heterocycles. The summed E-state index contributed by atoms with van der Waals surface area (Å²) < 4.78 is 55.9. The van der Waals surface area contributed by atoms with Gasteiger partial charge in [0, 0.05) is 41.2 Å². The van der Waals surface area contributed by atoms with E-state index in [9.17, 15) is 36.7 Å². The fourth-order valence-corrected chi connectivity index (χ4v) is 8.10. The summed E-state index contributed by atoms with van der Waals surface area (Å²) in [6.45, 7) is 2.51. The second-order valence-corrected chi connectivity index (χ2v) is 16.4. The van der Waals surface area contributed by atoms with E-state index >= 15 is 0 Å². The van der Waals surface area contributed by atoms with Crippen LogP contribution in [0, 0.1) is 18.8 Å². The number of aromatic amines is 1. The summed E-state index contributed by atoms with van der Waals surface area (Å²) >= 11 is 0. The molecule has 3 aromatic carbocycles. The molecule has 0 unspecified atom stereocenters. The molecule has 2 aliphatic rings. The summed E-state index contributed by atoms with van der Waals surface area (Å²) in [7, 11) is 4.18. The molecule has 0 radical (unpaired) electrons. The highest BCUT2D eigenvalue weighted by Gasteiger charge is 2.66. The first-order valence-electron chi connectivity index (χ1n) is 20.5. The van der Waals surface area contributed by atoms with Crippen molar-refractivity contribution in [2.24, 2.45) is 17.6 Å². The molecule has 4 aromatic rings. The van der Waals surface area contributed by atoms with Gasteiger partial charge < -0.3 is 31.7 Å². The van der Waals surface area contributed by atoms with Crippen molar-refractivity contribution in [3.05, 3.63) is 89.2 Å². The Morgan fingerprint density at radius 3 is 2.10 bits per heavy atom. The largest absolute Gasteiger partial charge is 0.477 e. The Hall–Kier alpha value is -5.39. The summed E-state index contributed by atoms with van der Waals surface area (Å²) in [6, 6.07) is 18.6. The molecule has 6 rings (SSSR count). The van der Waals surface area contributed by atoms with E-state index in [2.05, 4.69) is 50.1 Å². The minimum atomic E-state index is -5.45. The summed E-state index contributed by atoms with van der Waals surface area (Å²) in [5.41, 5.74) is 10.4. The van der Waals surface area contributed by atoms with Crippen LogP contribution in [0.3, 0.4) is 0 Å². The number of carboxylic acid groups (broad SMARTS) is 1. The van der Waals surface area contributed by atoms with Gasteiger partial charge in [-0.05, 0) is 144 Å². The first kappa shape index (κ1) is 47.7. The van der Waals surface area contributed by atoms with Gasteiger partial charge >= 0.3 is 17.8 Å². The number of carbonyl (C=O) groups is 4. The quantitative estimate of drug-likeness (QED) is 0.0704. The molecule has 0 saturated heterocycles. The lowest BCUT2D eigenvalue weighted by Crippen LogP contribution is -2.48. The maximum absolute atomic E-state index is 14.3. The zero-order valence-electron chi connectivity index (χ0n) is 34.7. The second kappa shape index (κ2) is 20.2. The van der Waals surface area contributed by atoms with Crippen LogP contribution in [-0.4, -0.2) is 93.6 Å². The number of halogens is 5. The number of hydrogen-bond acceptors (Lipinski definition) is 8. The number of nitrogens with two attached hydrogens (primary N) is 1. The van der Waals surface area contributed by atoms with Gasteiger partial charge in [0.25, 0.3) is 5.91 Å². The van der Waals surface area contributed by atoms with Crippen LogP contribution in [0.4, 0.5) is 23.2 Å². The Balaban J connectivity index is 0.00000726. The molecule has 13 nitrogen and oxygen atoms in total. The molecule has 62 heavy (non-hydrogen) atoms. The molecule has 18 heteroatoms. The number of aliphatic carboxylic acids is 1. The Morgan fingerprint density at radius 2 is 1.52 bits per heavy atom. The van der Waals surface area contributed by atoms with E-state index in [0.717, 1.165) is 60.8 Å². The topological polar surface area (TPSA) is 195 Å². The number of aromatic nitrogens is 3. The number of carboxylic acids is 1. The van der Waals surface area contributed by atoms with Gasteiger partial charge in [0.2, 0.25) is 17.6 Å². The van der Waals surface area contributed by atoms with E-state index in [1.807, 2.05) is 49.4 Å². The molecule has 7 N–H and O–H groups in total. The first-order chi connectivity index (χ1) is 29.0. The second-order valence-electron chi connectivity index (χ2n) is 16.4. The maximum Gasteiger partial charge on any atom is 0.411 e. The van der Waals surface area contributed by atoms with Crippen LogP contribution < -0.4 is 21.7 Å².